The monoisotopic (exact) mass is 281 g/mol. The minimum Gasteiger partial charge on any atom is -0.409 e. The zero-order valence-electron chi connectivity index (χ0n) is 10.9. The zero-order chi connectivity index (χ0) is 14.1. The van der Waals surface area contributed by atoms with E-state index < -0.39 is 5.92 Å². The molecule has 104 valence electrons. The summed E-state index contributed by atoms with van der Waals surface area (Å²) in [6.45, 7) is 0.573. The Morgan fingerprint density at radius 1 is 1.47 bits per heavy atom. The average Bonchev–Trinajstić information content (AvgIpc) is 2.45. The van der Waals surface area contributed by atoms with Crippen LogP contribution >= 0.6 is 11.8 Å². The molecule has 5 nitrogen and oxygen atoms in total. The minimum atomic E-state index is -0.644. The smallest absolute Gasteiger partial charge is 0.231 e. The van der Waals surface area contributed by atoms with Gasteiger partial charge in [-0.3, -0.25) is 4.79 Å². The van der Waals surface area contributed by atoms with Crippen molar-refractivity contribution in [2.75, 3.05) is 18.6 Å². The maximum absolute atomic E-state index is 12.0. The van der Waals surface area contributed by atoms with Crippen LogP contribution in [0, 0.1) is 5.92 Å². The molecule has 19 heavy (non-hydrogen) atoms. The number of nitrogens with one attached hydrogen (secondary N) is 1. The van der Waals surface area contributed by atoms with E-state index in [-0.39, 0.29) is 11.7 Å². The number of hydrogen-bond acceptors (Lipinski definition) is 4. The van der Waals surface area contributed by atoms with E-state index in [0.29, 0.717) is 13.0 Å². The van der Waals surface area contributed by atoms with Gasteiger partial charge in [0.1, 0.15) is 5.92 Å². The first-order valence-corrected chi connectivity index (χ1v) is 7.36. The summed E-state index contributed by atoms with van der Waals surface area (Å²) in [6, 6.07) is 9.51. The quantitative estimate of drug-likeness (QED) is 0.229. The SMILES string of the molecule is CSCCNC(=O)C(Cc1ccccc1)C(N)=NO. The first-order chi connectivity index (χ1) is 9.19. The highest BCUT2D eigenvalue weighted by molar-refractivity contribution is 7.98. The van der Waals surface area contributed by atoms with Crippen molar-refractivity contribution >= 4 is 23.5 Å². The number of carbonyl (C=O) groups is 1. The summed E-state index contributed by atoms with van der Waals surface area (Å²) in [7, 11) is 0. The van der Waals surface area contributed by atoms with Crippen molar-refractivity contribution < 1.29 is 10.0 Å². The summed E-state index contributed by atoms with van der Waals surface area (Å²) < 4.78 is 0. The fourth-order valence-electron chi connectivity index (χ4n) is 1.65. The lowest BCUT2D eigenvalue weighted by Gasteiger charge is -2.15. The van der Waals surface area contributed by atoms with Crippen molar-refractivity contribution in [3.05, 3.63) is 35.9 Å². The maximum atomic E-state index is 12.0. The number of carbonyl (C=O) groups excluding carboxylic acids is 1. The van der Waals surface area contributed by atoms with Crippen molar-refractivity contribution in [2.24, 2.45) is 16.8 Å². The second kappa shape index (κ2) is 8.42. The van der Waals surface area contributed by atoms with E-state index in [1.54, 1.807) is 11.8 Å². The van der Waals surface area contributed by atoms with Gasteiger partial charge in [-0.15, -0.1) is 0 Å². The van der Waals surface area contributed by atoms with Gasteiger partial charge in [0.15, 0.2) is 5.84 Å². The van der Waals surface area contributed by atoms with Crippen LogP contribution < -0.4 is 11.1 Å². The molecule has 0 spiro atoms. The highest BCUT2D eigenvalue weighted by atomic mass is 32.2. The maximum Gasteiger partial charge on any atom is 0.231 e. The van der Waals surface area contributed by atoms with Crippen molar-refractivity contribution in [2.45, 2.75) is 6.42 Å². The van der Waals surface area contributed by atoms with E-state index in [2.05, 4.69) is 10.5 Å². The minimum absolute atomic E-state index is 0.0643. The molecule has 1 unspecified atom stereocenters. The van der Waals surface area contributed by atoms with Gasteiger partial charge in [-0.2, -0.15) is 11.8 Å². The Morgan fingerprint density at radius 3 is 2.74 bits per heavy atom. The number of benzene rings is 1. The second-order valence-electron chi connectivity index (χ2n) is 4.05. The summed E-state index contributed by atoms with van der Waals surface area (Å²) in [6.07, 6.45) is 2.39. The van der Waals surface area contributed by atoms with Crippen molar-refractivity contribution in [3.63, 3.8) is 0 Å². The van der Waals surface area contributed by atoms with Gasteiger partial charge < -0.3 is 16.3 Å². The van der Waals surface area contributed by atoms with E-state index in [1.807, 2.05) is 36.6 Å². The van der Waals surface area contributed by atoms with Crippen LogP contribution in [0.1, 0.15) is 5.56 Å². The normalized spacial score (nSPS) is 13.0. The van der Waals surface area contributed by atoms with Gasteiger partial charge >= 0.3 is 0 Å². The molecule has 1 rings (SSSR count). The molecule has 1 atom stereocenters. The van der Waals surface area contributed by atoms with Crippen LogP contribution in [0.25, 0.3) is 0 Å². The van der Waals surface area contributed by atoms with Crippen LogP contribution in [0.5, 0.6) is 0 Å². The van der Waals surface area contributed by atoms with Gasteiger partial charge in [0.25, 0.3) is 0 Å². The van der Waals surface area contributed by atoms with Crippen LogP contribution in [0.4, 0.5) is 0 Å². The Hall–Kier alpha value is -1.69. The number of nitrogens with two attached hydrogens (primary N) is 1. The molecule has 6 heteroatoms. The largest absolute Gasteiger partial charge is 0.409 e. The molecule has 0 aliphatic rings. The Kier molecular flexibility index (Phi) is 6.81. The third-order valence-electron chi connectivity index (χ3n) is 2.68. The van der Waals surface area contributed by atoms with Crippen molar-refractivity contribution in [3.8, 4) is 0 Å². The summed E-state index contributed by atoms with van der Waals surface area (Å²) >= 11 is 1.65. The highest BCUT2D eigenvalue weighted by Gasteiger charge is 2.23. The first-order valence-electron chi connectivity index (χ1n) is 5.97. The average molecular weight is 281 g/mol. The third-order valence-corrected chi connectivity index (χ3v) is 3.29. The fraction of sp³-hybridized carbons (Fsp3) is 0.385. The van der Waals surface area contributed by atoms with Gasteiger partial charge in [0, 0.05) is 12.3 Å². The van der Waals surface area contributed by atoms with Gasteiger partial charge in [0.05, 0.1) is 0 Å². The van der Waals surface area contributed by atoms with Crippen LogP contribution in [-0.2, 0) is 11.2 Å². The molecule has 0 saturated carbocycles. The number of rotatable bonds is 7. The standard InChI is InChI=1S/C13H19N3O2S/c1-19-8-7-15-13(17)11(12(14)16-18)9-10-5-3-2-4-6-10/h2-6,11,18H,7-9H2,1H3,(H2,14,16)(H,15,17). The van der Waals surface area contributed by atoms with E-state index in [1.165, 1.54) is 0 Å². The zero-order valence-corrected chi connectivity index (χ0v) is 11.7. The molecule has 0 aromatic heterocycles. The number of nitrogens with zero attached hydrogens (tertiary/aromatic N) is 1. The number of thioether (sulfide) groups is 1. The number of oxime groups is 1. The second-order valence-corrected chi connectivity index (χ2v) is 5.04. The lowest BCUT2D eigenvalue weighted by atomic mass is 9.97. The van der Waals surface area contributed by atoms with Crippen LogP contribution in [0.2, 0.25) is 0 Å². The van der Waals surface area contributed by atoms with Gasteiger partial charge in [-0.25, -0.2) is 0 Å². The predicted octanol–water partition coefficient (Wildman–Crippen LogP) is 1.07. The van der Waals surface area contributed by atoms with E-state index in [9.17, 15) is 4.79 Å². The topological polar surface area (TPSA) is 87.7 Å². The van der Waals surface area contributed by atoms with Gasteiger partial charge in [-0.05, 0) is 18.2 Å². The van der Waals surface area contributed by atoms with Gasteiger partial charge in [-0.1, -0.05) is 35.5 Å². The van der Waals surface area contributed by atoms with Crippen LogP contribution in [-0.4, -0.2) is 35.5 Å². The summed E-state index contributed by atoms with van der Waals surface area (Å²) in [5.41, 5.74) is 6.58. The van der Waals surface area contributed by atoms with Gasteiger partial charge in [0.2, 0.25) is 5.91 Å². The summed E-state index contributed by atoms with van der Waals surface area (Å²) in [5, 5.41) is 14.5. The molecular formula is C13H19N3O2S. The van der Waals surface area contributed by atoms with E-state index in [0.717, 1.165) is 11.3 Å². The molecule has 1 aromatic rings. The van der Waals surface area contributed by atoms with Crippen LogP contribution in [0.15, 0.2) is 35.5 Å². The van der Waals surface area contributed by atoms with Crippen molar-refractivity contribution in [1.29, 1.82) is 0 Å². The molecular weight excluding hydrogens is 262 g/mol. The lowest BCUT2D eigenvalue weighted by Crippen LogP contribution is -2.41. The molecule has 1 aromatic carbocycles. The molecule has 4 N–H and O–H groups in total. The van der Waals surface area contributed by atoms with E-state index in [4.69, 9.17) is 10.9 Å². The van der Waals surface area contributed by atoms with Crippen molar-refractivity contribution in [1.82, 2.24) is 5.32 Å². The number of amides is 1. The Morgan fingerprint density at radius 2 is 2.16 bits per heavy atom. The summed E-state index contributed by atoms with van der Waals surface area (Å²) in [5.74, 6) is -0.0899. The molecule has 0 aliphatic carbocycles. The third kappa shape index (κ3) is 5.21. The fourth-order valence-corrected chi connectivity index (χ4v) is 1.96. The molecule has 0 fully saturated rings. The molecule has 0 bridgehead atoms. The molecule has 0 heterocycles. The number of hydrogen-bond donors (Lipinski definition) is 3. The predicted molar refractivity (Wildman–Crippen MR) is 78.4 cm³/mol. The number of amidine groups is 1. The molecule has 0 aliphatic heterocycles. The van der Waals surface area contributed by atoms with Crippen LogP contribution in [0.3, 0.4) is 0 Å². The Balaban J connectivity index is 2.70. The highest BCUT2D eigenvalue weighted by Crippen LogP contribution is 2.09. The first kappa shape index (κ1) is 15.4. The molecule has 0 radical (unpaired) electrons. The lowest BCUT2D eigenvalue weighted by molar-refractivity contribution is -0.122. The Labute approximate surface area is 117 Å². The molecule has 0 saturated heterocycles. The van der Waals surface area contributed by atoms with E-state index >= 15 is 0 Å². The summed E-state index contributed by atoms with van der Waals surface area (Å²) in [4.78, 5) is 12.0. The Bertz CT molecular complexity index is 423. The molecule has 1 amide bonds.